The number of para-hydroxylation sites is 1. The Morgan fingerprint density at radius 1 is 1.05 bits per heavy atom. The maximum absolute atomic E-state index is 13.8. The van der Waals surface area contributed by atoms with Crippen LogP contribution in [0.4, 0.5) is 0 Å². The van der Waals surface area contributed by atoms with Crippen molar-refractivity contribution in [1.29, 1.82) is 0 Å². The molecule has 0 amide bonds. The van der Waals surface area contributed by atoms with Crippen molar-refractivity contribution in [1.82, 2.24) is 9.66 Å². The van der Waals surface area contributed by atoms with Crippen molar-refractivity contribution < 1.29 is 23.7 Å². The van der Waals surface area contributed by atoms with Crippen LogP contribution < -0.4 is 19.8 Å². The van der Waals surface area contributed by atoms with Gasteiger partial charge in [-0.25, -0.2) is 9.78 Å². The van der Waals surface area contributed by atoms with Crippen LogP contribution in [0.15, 0.2) is 62.9 Å². The number of methoxy groups -OCH3 is 1. The highest BCUT2D eigenvalue weighted by molar-refractivity contribution is 9.10. The fourth-order valence-electron chi connectivity index (χ4n) is 4.63. The van der Waals surface area contributed by atoms with Crippen LogP contribution in [0.1, 0.15) is 57.2 Å². The molecule has 0 unspecified atom stereocenters. The lowest BCUT2D eigenvalue weighted by Gasteiger charge is -2.18. The zero-order valence-corrected chi connectivity index (χ0v) is 27.0. The molecule has 0 saturated heterocycles. The summed E-state index contributed by atoms with van der Waals surface area (Å²) in [5.41, 5.74) is 3.61. The fourth-order valence-corrected chi connectivity index (χ4v) is 5.18. The molecule has 226 valence electrons. The molecule has 0 aliphatic heterocycles. The maximum atomic E-state index is 13.8. The summed E-state index contributed by atoms with van der Waals surface area (Å²) in [6, 6.07) is 14.7. The summed E-state index contributed by atoms with van der Waals surface area (Å²) >= 11 is 3.53. The van der Waals surface area contributed by atoms with E-state index in [1.165, 1.54) is 11.8 Å². The molecule has 1 aromatic heterocycles. The number of fused-ring (bicyclic) bond motifs is 1. The third-order valence-corrected chi connectivity index (χ3v) is 7.34. The van der Waals surface area contributed by atoms with E-state index in [0.29, 0.717) is 51.5 Å². The van der Waals surface area contributed by atoms with E-state index >= 15 is 0 Å². The first-order valence-corrected chi connectivity index (χ1v) is 14.9. The molecular formula is C33H36BrN3O6. The highest BCUT2D eigenvalue weighted by Gasteiger charge is 2.21. The molecule has 43 heavy (non-hydrogen) atoms. The van der Waals surface area contributed by atoms with Crippen molar-refractivity contribution in [2.24, 2.45) is 5.10 Å². The van der Waals surface area contributed by atoms with Gasteiger partial charge in [-0.05, 0) is 103 Å². The summed E-state index contributed by atoms with van der Waals surface area (Å²) < 4.78 is 24.2. The minimum Gasteiger partial charge on any atom is -0.494 e. The summed E-state index contributed by atoms with van der Waals surface area (Å²) in [5.74, 6) is 1.66. The van der Waals surface area contributed by atoms with E-state index in [1.54, 1.807) is 37.4 Å². The van der Waals surface area contributed by atoms with E-state index in [4.69, 9.17) is 23.9 Å². The summed E-state index contributed by atoms with van der Waals surface area (Å²) in [6.45, 7) is 12.5. The zero-order valence-electron chi connectivity index (χ0n) is 25.4. The number of carbonyl (C=O) groups excluding carboxylic acids is 1. The van der Waals surface area contributed by atoms with E-state index in [2.05, 4.69) is 34.9 Å². The van der Waals surface area contributed by atoms with Crippen molar-refractivity contribution in [3.05, 3.63) is 80.0 Å². The zero-order chi connectivity index (χ0) is 31.3. The number of esters is 1. The number of ether oxygens (including phenoxy) is 4. The Morgan fingerprint density at radius 2 is 1.74 bits per heavy atom. The van der Waals surface area contributed by atoms with Gasteiger partial charge in [-0.1, -0.05) is 26.0 Å². The van der Waals surface area contributed by atoms with Crippen LogP contribution in [-0.4, -0.2) is 48.3 Å². The van der Waals surface area contributed by atoms with E-state index in [1.807, 2.05) is 45.0 Å². The molecule has 0 radical (unpaired) electrons. The van der Waals surface area contributed by atoms with Crippen molar-refractivity contribution >= 4 is 39.0 Å². The van der Waals surface area contributed by atoms with Gasteiger partial charge in [0, 0.05) is 5.56 Å². The molecule has 0 bridgehead atoms. The quantitative estimate of drug-likeness (QED) is 0.129. The monoisotopic (exact) mass is 649 g/mol. The van der Waals surface area contributed by atoms with Crippen LogP contribution in [-0.2, 0) is 9.53 Å². The van der Waals surface area contributed by atoms with Gasteiger partial charge in [0.05, 0.1) is 41.9 Å². The van der Waals surface area contributed by atoms with Crippen LogP contribution >= 0.6 is 15.9 Å². The van der Waals surface area contributed by atoms with Gasteiger partial charge < -0.3 is 18.9 Å². The third-order valence-electron chi connectivity index (χ3n) is 6.76. The number of hydrogen-bond donors (Lipinski definition) is 0. The third kappa shape index (κ3) is 6.91. The van der Waals surface area contributed by atoms with Gasteiger partial charge in [0.25, 0.3) is 5.56 Å². The fraction of sp³-hybridized carbons (Fsp3) is 0.333. The summed E-state index contributed by atoms with van der Waals surface area (Å²) in [6.07, 6.45) is 0.716. The molecule has 0 aliphatic rings. The molecule has 0 aliphatic carbocycles. The topological polar surface area (TPSA) is 101 Å². The van der Waals surface area contributed by atoms with Gasteiger partial charge in [-0.3, -0.25) is 4.79 Å². The Balaban J connectivity index is 1.88. The van der Waals surface area contributed by atoms with E-state index in [9.17, 15) is 9.59 Å². The lowest BCUT2D eigenvalue weighted by Crippen LogP contribution is -2.25. The van der Waals surface area contributed by atoms with Crippen molar-refractivity contribution in [3.63, 3.8) is 0 Å². The van der Waals surface area contributed by atoms with Gasteiger partial charge in [-0.15, -0.1) is 0 Å². The molecular weight excluding hydrogens is 614 g/mol. The summed E-state index contributed by atoms with van der Waals surface area (Å²) in [5, 5.41) is 5.10. The standard InChI is InChI=1S/C33H36BrN3O6/c1-8-41-28-14-20(5)25(17-24(28)19(3)4)31-36-27-13-11-10-12-23(27)32(38)37(31)35-18-22-15-26(34)30(29(16-22)42-9-2)43-21(6)33(39)40-7/h10-19,21H,8-9H2,1-7H3/t21-/m0/s1. The molecule has 10 heteroatoms. The second-order valence-electron chi connectivity index (χ2n) is 10.2. The second kappa shape index (κ2) is 13.9. The molecule has 3 aromatic carbocycles. The maximum Gasteiger partial charge on any atom is 0.346 e. The molecule has 1 heterocycles. The van der Waals surface area contributed by atoms with Crippen molar-refractivity contribution in [2.45, 2.75) is 53.6 Å². The number of aryl methyl sites for hydroxylation is 1. The molecule has 4 aromatic rings. The normalized spacial score (nSPS) is 12.1. The van der Waals surface area contributed by atoms with Crippen LogP contribution in [0.25, 0.3) is 22.3 Å². The molecule has 0 N–H and O–H groups in total. The summed E-state index contributed by atoms with van der Waals surface area (Å²) in [4.78, 5) is 30.7. The molecule has 0 fully saturated rings. The minimum absolute atomic E-state index is 0.182. The average molecular weight is 651 g/mol. The summed E-state index contributed by atoms with van der Waals surface area (Å²) in [7, 11) is 1.30. The smallest absolute Gasteiger partial charge is 0.346 e. The first-order chi connectivity index (χ1) is 20.6. The molecule has 1 atom stereocenters. The average Bonchev–Trinajstić information content (AvgIpc) is 2.98. The lowest BCUT2D eigenvalue weighted by molar-refractivity contribution is -0.148. The number of benzene rings is 3. The van der Waals surface area contributed by atoms with Crippen LogP contribution in [0.3, 0.4) is 0 Å². The van der Waals surface area contributed by atoms with Crippen LogP contribution in [0, 0.1) is 6.92 Å². The predicted octanol–water partition coefficient (Wildman–Crippen LogP) is 6.88. The van der Waals surface area contributed by atoms with E-state index in [-0.39, 0.29) is 11.5 Å². The highest BCUT2D eigenvalue weighted by atomic mass is 79.9. The van der Waals surface area contributed by atoms with Gasteiger partial charge in [0.1, 0.15) is 5.75 Å². The number of halogens is 1. The van der Waals surface area contributed by atoms with Gasteiger partial charge in [-0.2, -0.15) is 9.78 Å². The highest BCUT2D eigenvalue weighted by Crippen LogP contribution is 2.38. The predicted molar refractivity (Wildman–Crippen MR) is 172 cm³/mol. The Kier molecular flexibility index (Phi) is 10.2. The van der Waals surface area contributed by atoms with E-state index < -0.39 is 12.1 Å². The second-order valence-corrected chi connectivity index (χ2v) is 11.0. The largest absolute Gasteiger partial charge is 0.494 e. The Morgan fingerprint density at radius 3 is 2.42 bits per heavy atom. The Labute approximate surface area is 259 Å². The van der Waals surface area contributed by atoms with Gasteiger partial charge in [0.15, 0.2) is 23.4 Å². The first kappa shape index (κ1) is 31.7. The number of aromatic nitrogens is 2. The molecule has 0 spiro atoms. The number of carbonyl (C=O) groups is 1. The van der Waals surface area contributed by atoms with Gasteiger partial charge in [0.2, 0.25) is 0 Å². The Hall–Kier alpha value is -4.18. The molecule has 0 saturated carbocycles. The first-order valence-electron chi connectivity index (χ1n) is 14.1. The lowest BCUT2D eigenvalue weighted by atomic mass is 9.96. The molecule has 9 nitrogen and oxygen atoms in total. The van der Waals surface area contributed by atoms with E-state index in [0.717, 1.165) is 22.4 Å². The van der Waals surface area contributed by atoms with Crippen LogP contribution in [0.2, 0.25) is 0 Å². The van der Waals surface area contributed by atoms with Crippen molar-refractivity contribution in [3.8, 4) is 28.6 Å². The minimum atomic E-state index is -0.849. The number of rotatable bonds is 11. The molecule has 4 rings (SSSR count). The number of nitrogens with zero attached hydrogens (tertiary/aromatic N) is 3. The Bertz CT molecular complexity index is 1730. The van der Waals surface area contributed by atoms with Gasteiger partial charge >= 0.3 is 5.97 Å². The van der Waals surface area contributed by atoms with Crippen LogP contribution in [0.5, 0.6) is 17.2 Å². The SMILES string of the molecule is CCOc1cc(C)c(-c2nc3ccccc3c(=O)n2N=Cc2cc(Br)c(O[C@@H](C)C(=O)OC)c(OCC)c2)cc1C(C)C. The number of hydrogen-bond acceptors (Lipinski definition) is 8. The van der Waals surface area contributed by atoms with Crippen molar-refractivity contribution in [2.75, 3.05) is 20.3 Å².